The van der Waals surface area contributed by atoms with E-state index in [-0.39, 0.29) is 23.1 Å². The Bertz CT molecular complexity index is 76.4. The Balaban J connectivity index is 0. The molecule has 0 heterocycles. The highest BCUT2D eigenvalue weighted by molar-refractivity contribution is 6.17. The summed E-state index contributed by atoms with van der Waals surface area (Å²) < 4.78 is 0. The second-order valence-corrected chi connectivity index (χ2v) is 4.25. The third-order valence-electron chi connectivity index (χ3n) is 2.49. The molecule has 0 spiro atoms. The first-order chi connectivity index (χ1) is 6.41. The van der Waals surface area contributed by atoms with E-state index in [4.69, 9.17) is 11.6 Å². The minimum Gasteiger partial charge on any atom is -0.127 e. The molecular weight excluding hydrogens is 204 g/mol. The standard InChI is InChI=1S/C12H25Cl.Mg/c1-2-3-4-5-6-7-8-9-10-11-12-13;/h2-12H2,1H3;. The van der Waals surface area contributed by atoms with Crippen molar-refractivity contribution in [1.82, 2.24) is 0 Å². The maximum atomic E-state index is 5.60. The summed E-state index contributed by atoms with van der Waals surface area (Å²) >= 11 is 5.60. The van der Waals surface area contributed by atoms with Crippen molar-refractivity contribution in [2.24, 2.45) is 0 Å². The Labute approximate surface area is 111 Å². The molecule has 0 aliphatic heterocycles. The summed E-state index contributed by atoms with van der Waals surface area (Å²) in [7, 11) is 0. The van der Waals surface area contributed by atoms with Crippen molar-refractivity contribution in [2.45, 2.75) is 71.1 Å². The van der Waals surface area contributed by atoms with Crippen LogP contribution < -0.4 is 0 Å². The van der Waals surface area contributed by atoms with Gasteiger partial charge in [0.05, 0.1) is 0 Å². The van der Waals surface area contributed by atoms with Gasteiger partial charge in [0.2, 0.25) is 0 Å². The topological polar surface area (TPSA) is 0 Å². The van der Waals surface area contributed by atoms with Gasteiger partial charge in [0.25, 0.3) is 0 Å². The molecule has 0 aliphatic rings. The number of halogens is 1. The van der Waals surface area contributed by atoms with Gasteiger partial charge in [0.15, 0.2) is 0 Å². The van der Waals surface area contributed by atoms with Crippen LogP contribution in [0.15, 0.2) is 0 Å². The molecule has 2 heteroatoms. The second kappa shape index (κ2) is 16.5. The second-order valence-electron chi connectivity index (χ2n) is 3.87. The Hall–Kier alpha value is 1.06. The van der Waals surface area contributed by atoms with E-state index in [1.54, 1.807) is 0 Å². The minimum atomic E-state index is 0. The summed E-state index contributed by atoms with van der Waals surface area (Å²) in [5, 5.41) is 0. The molecule has 0 saturated carbocycles. The highest BCUT2D eigenvalue weighted by Gasteiger charge is 1.91. The van der Waals surface area contributed by atoms with E-state index in [2.05, 4.69) is 6.92 Å². The lowest BCUT2D eigenvalue weighted by atomic mass is 10.1. The van der Waals surface area contributed by atoms with E-state index >= 15 is 0 Å². The van der Waals surface area contributed by atoms with Crippen molar-refractivity contribution in [1.29, 1.82) is 0 Å². The predicted octanol–water partition coefficient (Wildman–Crippen LogP) is 4.77. The number of hydrogen-bond acceptors (Lipinski definition) is 0. The van der Waals surface area contributed by atoms with Crippen molar-refractivity contribution in [3.63, 3.8) is 0 Å². The van der Waals surface area contributed by atoms with Gasteiger partial charge in [-0.05, 0) is 6.42 Å². The van der Waals surface area contributed by atoms with E-state index in [0.29, 0.717) is 0 Å². The molecule has 0 atom stereocenters. The van der Waals surface area contributed by atoms with Crippen LogP contribution in [0, 0.1) is 0 Å². The van der Waals surface area contributed by atoms with E-state index in [1.165, 1.54) is 64.2 Å². The largest absolute Gasteiger partial charge is 0.127 e. The number of alkyl halides is 1. The van der Waals surface area contributed by atoms with Crippen LogP contribution in [0.3, 0.4) is 0 Å². The lowest BCUT2D eigenvalue weighted by Crippen LogP contribution is -1.81. The fourth-order valence-corrected chi connectivity index (χ4v) is 1.77. The molecule has 0 nitrogen and oxygen atoms in total. The molecule has 0 aliphatic carbocycles. The van der Waals surface area contributed by atoms with Gasteiger partial charge >= 0.3 is 0 Å². The van der Waals surface area contributed by atoms with E-state index < -0.39 is 0 Å². The van der Waals surface area contributed by atoms with Crippen LogP contribution in [0.4, 0.5) is 0 Å². The minimum absolute atomic E-state index is 0. The van der Waals surface area contributed by atoms with Gasteiger partial charge in [0.1, 0.15) is 0 Å². The lowest BCUT2D eigenvalue weighted by molar-refractivity contribution is 0.563. The van der Waals surface area contributed by atoms with Gasteiger partial charge < -0.3 is 0 Å². The van der Waals surface area contributed by atoms with Gasteiger partial charge in [-0.15, -0.1) is 11.6 Å². The van der Waals surface area contributed by atoms with Crippen molar-refractivity contribution in [2.75, 3.05) is 5.88 Å². The van der Waals surface area contributed by atoms with Crippen LogP contribution in [0.5, 0.6) is 0 Å². The summed E-state index contributed by atoms with van der Waals surface area (Å²) in [4.78, 5) is 0. The molecule has 0 aromatic rings. The highest BCUT2D eigenvalue weighted by atomic mass is 35.5. The van der Waals surface area contributed by atoms with E-state index in [1.807, 2.05) is 0 Å². The normalized spacial score (nSPS) is 9.86. The third kappa shape index (κ3) is 15.5. The van der Waals surface area contributed by atoms with Crippen LogP contribution >= 0.6 is 11.6 Å². The average molecular weight is 229 g/mol. The molecule has 0 aromatic carbocycles. The fraction of sp³-hybridized carbons (Fsp3) is 1.00. The van der Waals surface area contributed by atoms with Gasteiger partial charge in [-0.25, -0.2) is 0 Å². The van der Waals surface area contributed by atoms with E-state index in [9.17, 15) is 0 Å². The molecule has 14 heavy (non-hydrogen) atoms. The maximum absolute atomic E-state index is 5.60. The van der Waals surface area contributed by atoms with E-state index in [0.717, 1.165) is 5.88 Å². The van der Waals surface area contributed by atoms with Crippen LogP contribution in [-0.2, 0) is 0 Å². The zero-order chi connectivity index (χ0) is 9.78. The Kier molecular flexibility index (Phi) is 20.5. The molecule has 0 aromatic heterocycles. The summed E-state index contributed by atoms with van der Waals surface area (Å²) in [5.74, 6) is 0.844. The smallest absolute Gasteiger partial charge is 0.0223 e. The van der Waals surface area contributed by atoms with Crippen molar-refractivity contribution in [3.05, 3.63) is 0 Å². The monoisotopic (exact) mass is 228 g/mol. The number of rotatable bonds is 10. The van der Waals surface area contributed by atoms with Crippen LogP contribution in [0.25, 0.3) is 0 Å². The quantitative estimate of drug-likeness (QED) is 0.287. The summed E-state index contributed by atoms with van der Waals surface area (Å²) in [6.07, 6.45) is 13.9. The van der Waals surface area contributed by atoms with Crippen molar-refractivity contribution < 1.29 is 0 Å². The van der Waals surface area contributed by atoms with Gasteiger partial charge in [-0.2, -0.15) is 0 Å². The third-order valence-corrected chi connectivity index (χ3v) is 2.75. The first-order valence-corrected chi connectivity index (χ1v) is 6.51. The predicted molar refractivity (Wildman–Crippen MR) is 68.3 cm³/mol. The van der Waals surface area contributed by atoms with Gasteiger partial charge in [-0.1, -0.05) is 64.7 Å². The summed E-state index contributed by atoms with van der Waals surface area (Å²) in [6.45, 7) is 2.27. The molecule has 0 fully saturated rings. The van der Waals surface area contributed by atoms with Gasteiger partial charge in [-0.3, -0.25) is 0 Å². The zero-order valence-corrected chi connectivity index (χ0v) is 12.0. The molecule has 0 N–H and O–H groups in total. The number of hydrogen-bond donors (Lipinski definition) is 0. The molecule has 0 amide bonds. The average Bonchev–Trinajstić information content (AvgIpc) is 2.16. The molecule has 0 bridgehead atoms. The molecule has 0 saturated heterocycles. The SMILES string of the molecule is CCCCCCCCCCCCCl.[Mg]. The maximum Gasteiger partial charge on any atom is 0.0223 e. The Morgan fingerprint density at radius 3 is 1.36 bits per heavy atom. The number of unbranched alkanes of at least 4 members (excludes halogenated alkanes) is 9. The van der Waals surface area contributed by atoms with Crippen LogP contribution in [-0.4, -0.2) is 28.9 Å². The zero-order valence-electron chi connectivity index (χ0n) is 9.86. The molecule has 0 unspecified atom stereocenters. The first-order valence-electron chi connectivity index (χ1n) is 5.97. The fourth-order valence-electron chi connectivity index (χ4n) is 1.58. The molecule has 82 valence electrons. The lowest BCUT2D eigenvalue weighted by Gasteiger charge is -2.00. The first kappa shape index (κ1) is 17.5. The molecule has 2 radical (unpaired) electrons. The van der Waals surface area contributed by atoms with Crippen LogP contribution in [0.1, 0.15) is 71.1 Å². The highest BCUT2D eigenvalue weighted by Crippen LogP contribution is 2.10. The molecular formula is C12H25ClMg. The summed E-state index contributed by atoms with van der Waals surface area (Å²) in [6, 6.07) is 0. The molecule has 0 rings (SSSR count). The Morgan fingerprint density at radius 1 is 0.643 bits per heavy atom. The van der Waals surface area contributed by atoms with Crippen molar-refractivity contribution >= 4 is 34.7 Å². The van der Waals surface area contributed by atoms with Crippen molar-refractivity contribution in [3.8, 4) is 0 Å². The Morgan fingerprint density at radius 2 is 1.00 bits per heavy atom. The summed E-state index contributed by atoms with van der Waals surface area (Å²) in [5.41, 5.74) is 0. The van der Waals surface area contributed by atoms with Gasteiger partial charge in [0, 0.05) is 28.9 Å². The van der Waals surface area contributed by atoms with Crippen LogP contribution in [0.2, 0.25) is 0 Å².